The molecule has 7 heteroatoms. The molecule has 0 aromatic heterocycles. The molecule has 1 aromatic rings. The minimum absolute atomic E-state index is 0.246. The fraction of sp³-hybridized carbons (Fsp3) is 0.462. The Bertz CT molecular complexity index is 436. The van der Waals surface area contributed by atoms with Crippen LogP contribution in [0.3, 0.4) is 0 Å². The molecule has 0 spiro atoms. The van der Waals surface area contributed by atoms with Crippen LogP contribution in [0, 0.1) is 0 Å². The van der Waals surface area contributed by atoms with E-state index < -0.39 is 11.9 Å². The van der Waals surface area contributed by atoms with E-state index in [1.165, 1.54) is 12.1 Å². The fourth-order valence-electron chi connectivity index (χ4n) is 1.68. The van der Waals surface area contributed by atoms with Gasteiger partial charge in [0.25, 0.3) is 0 Å². The number of nitrogens with two attached hydrogens (primary N) is 1. The predicted octanol–water partition coefficient (Wildman–Crippen LogP) is 3.54. The Morgan fingerprint density at radius 2 is 1.90 bits per heavy atom. The van der Waals surface area contributed by atoms with Crippen molar-refractivity contribution in [3.8, 4) is 5.75 Å². The van der Waals surface area contributed by atoms with Gasteiger partial charge in [0.15, 0.2) is 0 Å². The molecule has 0 saturated heterocycles. The van der Waals surface area contributed by atoms with Crippen molar-refractivity contribution in [1.29, 1.82) is 0 Å². The highest BCUT2D eigenvalue weighted by Crippen LogP contribution is 2.32. The number of thioether (sulfide) groups is 1. The van der Waals surface area contributed by atoms with Gasteiger partial charge in [-0.3, -0.25) is 4.99 Å². The van der Waals surface area contributed by atoms with Gasteiger partial charge in [-0.1, -0.05) is 12.1 Å². The Morgan fingerprint density at radius 3 is 2.35 bits per heavy atom. The number of benzene rings is 1. The highest BCUT2D eigenvalue weighted by molar-refractivity contribution is 7.99. The van der Waals surface area contributed by atoms with Gasteiger partial charge in [0.1, 0.15) is 5.75 Å². The molecule has 0 aliphatic carbocycles. The lowest BCUT2D eigenvalue weighted by Crippen LogP contribution is -2.21. The van der Waals surface area contributed by atoms with E-state index in [0.29, 0.717) is 12.3 Å². The number of nitrogens with zero attached hydrogens (tertiary/aromatic N) is 1. The van der Waals surface area contributed by atoms with Crippen LogP contribution in [0.25, 0.3) is 0 Å². The Labute approximate surface area is 120 Å². The summed E-state index contributed by atoms with van der Waals surface area (Å²) in [5.74, 6) is 1.07. The minimum Gasteiger partial charge on any atom is -0.406 e. The molecule has 1 unspecified atom stereocenters. The number of rotatable bonds is 7. The van der Waals surface area contributed by atoms with E-state index in [9.17, 15) is 13.2 Å². The van der Waals surface area contributed by atoms with E-state index in [2.05, 4.69) is 16.4 Å². The molecule has 1 aromatic carbocycles. The average Bonchev–Trinajstić information content (AvgIpc) is 2.38. The van der Waals surface area contributed by atoms with Crippen molar-refractivity contribution >= 4 is 18.5 Å². The third-order valence-corrected chi connectivity index (χ3v) is 3.64. The summed E-state index contributed by atoms with van der Waals surface area (Å²) < 4.78 is 40.1. The number of alkyl halides is 3. The first-order valence-electron chi connectivity index (χ1n) is 5.93. The third kappa shape index (κ3) is 5.05. The smallest absolute Gasteiger partial charge is 0.406 e. The van der Waals surface area contributed by atoms with Gasteiger partial charge in [0.05, 0.1) is 5.54 Å². The zero-order chi connectivity index (χ0) is 15.2. The van der Waals surface area contributed by atoms with Crippen LogP contribution in [-0.4, -0.2) is 24.7 Å². The van der Waals surface area contributed by atoms with Gasteiger partial charge >= 0.3 is 6.36 Å². The second kappa shape index (κ2) is 6.99. The molecule has 0 amide bonds. The van der Waals surface area contributed by atoms with Gasteiger partial charge in [-0.25, -0.2) is 0 Å². The van der Waals surface area contributed by atoms with Crippen LogP contribution in [0.15, 0.2) is 29.3 Å². The standard InChI is InChI=1S/C13H17F3N2OS/c1-12(18-2,7-8-20-9-17)10-3-5-11(6-4-10)19-13(14,15)16/h3-6H,2,7-9,17H2,1H3. The van der Waals surface area contributed by atoms with Crippen molar-refractivity contribution in [1.82, 2.24) is 0 Å². The van der Waals surface area contributed by atoms with Crippen LogP contribution in [0.2, 0.25) is 0 Å². The van der Waals surface area contributed by atoms with Gasteiger partial charge < -0.3 is 10.5 Å². The van der Waals surface area contributed by atoms with E-state index in [1.807, 2.05) is 6.92 Å². The highest BCUT2D eigenvalue weighted by atomic mass is 32.2. The first-order valence-corrected chi connectivity index (χ1v) is 7.08. The second-order valence-electron chi connectivity index (χ2n) is 4.33. The first-order chi connectivity index (χ1) is 9.30. The van der Waals surface area contributed by atoms with Crippen molar-refractivity contribution < 1.29 is 17.9 Å². The van der Waals surface area contributed by atoms with Gasteiger partial charge in [0, 0.05) is 5.88 Å². The Kier molecular flexibility index (Phi) is 5.88. The summed E-state index contributed by atoms with van der Waals surface area (Å²) in [7, 11) is 0. The summed E-state index contributed by atoms with van der Waals surface area (Å²) in [6.45, 7) is 5.45. The summed E-state index contributed by atoms with van der Waals surface area (Å²) in [4.78, 5) is 4.10. The van der Waals surface area contributed by atoms with Crippen molar-refractivity contribution in [2.24, 2.45) is 10.7 Å². The van der Waals surface area contributed by atoms with Crippen LogP contribution in [-0.2, 0) is 5.54 Å². The number of hydrogen-bond donors (Lipinski definition) is 1. The average molecular weight is 306 g/mol. The van der Waals surface area contributed by atoms with Crippen molar-refractivity contribution in [2.45, 2.75) is 25.2 Å². The second-order valence-corrected chi connectivity index (χ2v) is 5.48. The fourth-order valence-corrected chi connectivity index (χ4v) is 2.39. The zero-order valence-corrected chi connectivity index (χ0v) is 11.9. The minimum atomic E-state index is -4.68. The van der Waals surface area contributed by atoms with Gasteiger partial charge in [-0.05, 0) is 43.5 Å². The summed E-state index contributed by atoms with van der Waals surface area (Å²) in [5, 5.41) is 0. The molecule has 0 radical (unpaired) electrons. The molecule has 0 saturated carbocycles. The molecule has 0 aliphatic rings. The van der Waals surface area contributed by atoms with Crippen LogP contribution >= 0.6 is 11.8 Å². The number of ether oxygens (including phenoxy) is 1. The maximum atomic E-state index is 12.1. The molecule has 0 heterocycles. The summed E-state index contributed by atoms with van der Waals surface area (Å²) >= 11 is 1.57. The van der Waals surface area contributed by atoms with E-state index in [4.69, 9.17) is 5.73 Å². The topological polar surface area (TPSA) is 47.6 Å². The third-order valence-electron chi connectivity index (χ3n) is 2.91. The Morgan fingerprint density at radius 1 is 1.30 bits per heavy atom. The molecule has 112 valence electrons. The van der Waals surface area contributed by atoms with Crippen molar-refractivity contribution in [2.75, 3.05) is 11.6 Å². The first kappa shape index (κ1) is 16.8. The summed E-state index contributed by atoms with van der Waals surface area (Å²) in [6.07, 6.45) is -3.98. The predicted molar refractivity (Wildman–Crippen MR) is 76.2 cm³/mol. The zero-order valence-electron chi connectivity index (χ0n) is 11.1. The van der Waals surface area contributed by atoms with Gasteiger partial charge in [-0.2, -0.15) is 0 Å². The van der Waals surface area contributed by atoms with Crippen LogP contribution < -0.4 is 10.5 Å². The normalized spacial score (nSPS) is 14.7. The van der Waals surface area contributed by atoms with Crippen LogP contribution in [0.5, 0.6) is 5.75 Å². The molecular weight excluding hydrogens is 289 g/mol. The molecule has 2 N–H and O–H groups in total. The lowest BCUT2D eigenvalue weighted by molar-refractivity contribution is -0.274. The monoisotopic (exact) mass is 306 g/mol. The van der Waals surface area contributed by atoms with Crippen molar-refractivity contribution in [3.05, 3.63) is 29.8 Å². The van der Waals surface area contributed by atoms with E-state index >= 15 is 0 Å². The Hall–Kier alpha value is -1.21. The molecular formula is C13H17F3N2OS. The van der Waals surface area contributed by atoms with Crippen LogP contribution in [0.1, 0.15) is 18.9 Å². The van der Waals surface area contributed by atoms with Crippen molar-refractivity contribution in [3.63, 3.8) is 0 Å². The number of aliphatic imine (C=N–C) groups is 1. The van der Waals surface area contributed by atoms with Gasteiger partial charge in [-0.15, -0.1) is 24.9 Å². The molecule has 1 rings (SSSR count). The molecule has 3 nitrogen and oxygen atoms in total. The Balaban J connectivity index is 2.81. The molecule has 0 fully saturated rings. The molecule has 20 heavy (non-hydrogen) atoms. The quantitative estimate of drug-likeness (QED) is 0.476. The van der Waals surface area contributed by atoms with E-state index in [1.54, 1.807) is 23.9 Å². The number of hydrogen-bond acceptors (Lipinski definition) is 4. The molecule has 0 bridgehead atoms. The van der Waals surface area contributed by atoms with Crippen LogP contribution in [0.4, 0.5) is 13.2 Å². The summed E-state index contributed by atoms with van der Waals surface area (Å²) in [6, 6.07) is 5.70. The van der Waals surface area contributed by atoms with Gasteiger partial charge in [0.2, 0.25) is 0 Å². The summed E-state index contributed by atoms with van der Waals surface area (Å²) in [5.41, 5.74) is 5.66. The van der Waals surface area contributed by atoms with E-state index in [0.717, 1.165) is 11.3 Å². The SMILES string of the molecule is C=NC(C)(CCSCN)c1ccc(OC(F)(F)F)cc1. The highest BCUT2D eigenvalue weighted by Gasteiger charge is 2.31. The van der Waals surface area contributed by atoms with E-state index in [-0.39, 0.29) is 5.75 Å². The number of halogens is 3. The molecule has 1 atom stereocenters. The maximum absolute atomic E-state index is 12.1. The maximum Gasteiger partial charge on any atom is 0.573 e. The largest absolute Gasteiger partial charge is 0.573 e. The molecule has 0 aliphatic heterocycles. The lowest BCUT2D eigenvalue weighted by Gasteiger charge is -2.25. The lowest BCUT2D eigenvalue weighted by atomic mass is 9.90.